The molecular formula is C20H20ClN3O. The number of pyridine rings is 1. The maximum absolute atomic E-state index is 12.4. The first-order chi connectivity index (χ1) is 11.8. The van der Waals surface area contributed by atoms with Crippen molar-refractivity contribution in [3.63, 3.8) is 0 Å². The summed E-state index contributed by atoms with van der Waals surface area (Å²) in [6, 6.07) is 10.2. The van der Waals surface area contributed by atoms with Crippen molar-refractivity contribution in [2.24, 2.45) is 0 Å². The molecule has 0 bridgehead atoms. The fourth-order valence-electron chi connectivity index (χ4n) is 3.26. The Morgan fingerprint density at radius 3 is 3.00 bits per heavy atom. The van der Waals surface area contributed by atoms with Gasteiger partial charge >= 0.3 is 0 Å². The van der Waals surface area contributed by atoms with Crippen LogP contribution in [0, 0.1) is 0 Å². The van der Waals surface area contributed by atoms with E-state index in [1.54, 1.807) is 6.20 Å². The molecule has 1 aromatic carbocycles. The molecule has 1 aliphatic rings. The number of hydrogen-bond acceptors (Lipinski definition) is 2. The number of aryl methyl sites for hydroxylation is 1. The molecule has 2 N–H and O–H groups in total. The molecule has 0 fully saturated rings. The van der Waals surface area contributed by atoms with Gasteiger partial charge < -0.3 is 10.3 Å². The number of carbonyl (C=O) groups excluding carboxylic acids is 1. The van der Waals surface area contributed by atoms with Crippen LogP contribution in [0.25, 0.3) is 17.0 Å². The Hall–Kier alpha value is -2.59. The zero-order valence-electron chi connectivity index (χ0n) is 13.8. The summed E-state index contributed by atoms with van der Waals surface area (Å²) in [5.41, 5.74) is 5.55. The molecule has 0 radical (unpaired) electrons. The summed E-state index contributed by atoms with van der Waals surface area (Å²) < 4.78 is 0. The molecule has 4 nitrogen and oxygen atoms in total. The molecule has 3 aromatic rings. The van der Waals surface area contributed by atoms with Crippen LogP contribution >= 0.6 is 12.4 Å². The van der Waals surface area contributed by atoms with Crippen molar-refractivity contribution >= 4 is 35.3 Å². The molecular weight excluding hydrogens is 334 g/mol. The van der Waals surface area contributed by atoms with Gasteiger partial charge in [0.2, 0.25) is 5.91 Å². The monoisotopic (exact) mass is 353 g/mol. The highest BCUT2D eigenvalue weighted by molar-refractivity contribution is 5.98. The van der Waals surface area contributed by atoms with E-state index in [0.29, 0.717) is 6.54 Å². The number of carbonyl (C=O) groups is 1. The van der Waals surface area contributed by atoms with Gasteiger partial charge in [-0.1, -0.05) is 18.2 Å². The fourth-order valence-corrected chi connectivity index (χ4v) is 3.26. The normalized spacial score (nSPS) is 12.9. The van der Waals surface area contributed by atoms with E-state index in [-0.39, 0.29) is 18.3 Å². The summed E-state index contributed by atoms with van der Waals surface area (Å²) in [6.45, 7) is 0.640. The lowest BCUT2D eigenvalue weighted by Gasteiger charge is -2.15. The quantitative estimate of drug-likeness (QED) is 0.751. The molecule has 0 saturated heterocycles. The highest BCUT2D eigenvalue weighted by atomic mass is 35.5. The van der Waals surface area contributed by atoms with Gasteiger partial charge in [0.25, 0.3) is 0 Å². The number of nitrogens with one attached hydrogen (secondary N) is 2. The van der Waals surface area contributed by atoms with Crippen molar-refractivity contribution in [2.45, 2.75) is 19.3 Å². The van der Waals surface area contributed by atoms with Crippen molar-refractivity contribution in [2.75, 3.05) is 6.54 Å². The van der Waals surface area contributed by atoms with Crippen LogP contribution in [0.4, 0.5) is 0 Å². The van der Waals surface area contributed by atoms with Crippen LogP contribution in [0.5, 0.6) is 0 Å². The fraction of sp³-hybridized carbons (Fsp3) is 0.200. The number of amides is 1. The Morgan fingerprint density at radius 1 is 1.20 bits per heavy atom. The van der Waals surface area contributed by atoms with Gasteiger partial charge in [0.05, 0.1) is 0 Å². The van der Waals surface area contributed by atoms with Crippen molar-refractivity contribution in [1.82, 2.24) is 15.3 Å². The van der Waals surface area contributed by atoms with Crippen LogP contribution in [-0.4, -0.2) is 22.4 Å². The van der Waals surface area contributed by atoms with Gasteiger partial charge in [-0.05, 0) is 54.2 Å². The highest BCUT2D eigenvalue weighted by Gasteiger charge is 2.15. The molecule has 0 spiro atoms. The second kappa shape index (κ2) is 7.53. The zero-order chi connectivity index (χ0) is 16.4. The van der Waals surface area contributed by atoms with E-state index in [0.717, 1.165) is 35.9 Å². The molecule has 5 heteroatoms. The lowest BCUT2D eigenvalue weighted by Crippen LogP contribution is -2.28. The number of H-pyrrole nitrogens is 1. The lowest BCUT2D eigenvalue weighted by molar-refractivity contribution is -0.117. The first-order valence-electron chi connectivity index (χ1n) is 8.28. The standard InChI is InChI=1S/C20H19N3O.ClH/c24-20(15-5-6-16-12-21-9-7-14(16)11-15)22-10-8-17-13-23-19-4-2-1-3-18(17)19;/h1-4,7,9,11-13,23H,5-6,8,10H2,(H,22,24);1H. The number of rotatable bonds is 4. The van der Waals surface area contributed by atoms with Crippen molar-refractivity contribution < 1.29 is 4.79 Å². The molecule has 0 aliphatic heterocycles. The molecule has 25 heavy (non-hydrogen) atoms. The van der Waals surface area contributed by atoms with E-state index in [1.165, 1.54) is 16.5 Å². The van der Waals surface area contributed by atoms with Crippen LogP contribution in [0.3, 0.4) is 0 Å². The summed E-state index contributed by atoms with van der Waals surface area (Å²) in [5, 5.41) is 4.28. The van der Waals surface area contributed by atoms with Crippen LogP contribution in [0.15, 0.2) is 54.5 Å². The van der Waals surface area contributed by atoms with E-state index < -0.39 is 0 Å². The smallest absolute Gasteiger partial charge is 0.247 e. The van der Waals surface area contributed by atoms with Gasteiger partial charge in [-0.2, -0.15) is 0 Å². The number of aromatic amines is 1. The maximum atomic E-state index is 12.4. The topological polar surface area (TPSA) is 57.8 Å². The zero-order valence-corrected chi connectivity index (χ0v) is 14.6. The number of halogens is 1. The summed E-state index contributed by atoms with van der Waals surface area (Å²) in [7, 11) is 0. The SMILES string of the molecule is Cl.O=C(NCCc1c[nH]c2ccccc12)C1=Cc2ccncc2CC1. The van der Waals surface area contributed by atoms with Gasteiger partial charge in [-0.15, -0.1) is 12.4 Å². The number of benzene rings is 1. The highest BCUT2D eigenvalue weighted by Crippen LogP contribution is 2.23. The van der Waals surface area contributed by atoms with Crippen LogP contribution in [0.2, 0.25) is 0 Å². The van der Waals surface area contributed by atoms with E-state index in [4.69, 9.17) is 0 Å². The Bertz CT molecular complexity index is 929. The number of aromatic nitrogens is 2. The molecule has 0 atom stereocenters. The average molecular weight is 354 g/mol. The van der Waals surface area contributed by atoms with Crippen molar-refractivity contribution in [1.29, 1.82) is 0 Å². The molecule has 0 saturated carbocycles. The molecule has 2 heterocycles. The molecule has 0 unspecified atom stereocenters. The largest absolute Gasteiger partial charge is 0.361 e. The predicted molar refractivity (Wildman–Crippen MR) is 103 cm³/mol. The van der Waals surface area contributed by atoms with Crippen LogP contribution in [-0.2, 0) is 17.6 Å². The third-order valence-electron chi connectivity index (χ3n) is 4.58. The predicted octanol–water partition coefficient (Wildman–Crippen LogP) is 3.67. The van der Waals surface area contributed by atoms with Crippen molar-refractivity contribution in [3.05, 3.63) is 71.2 Å². The number of nitrogens with zero attached hydrogens (tertiary/aromatic N) is 1. The van der Waals surface area contributed by atoms with E-state index >= 15 is 0 Å². The molecule has 1 amide bonds. The molecule has 1 aliphatic carbocycles. The number of hydrogen-bond donors (Lipinski definition) is 2. The van der Waals surface area contributed by atoms with Gasteiger partial charge in [-0.25, -0.2) is 0 Å². The first-order valence-corrected chi connectivity index (χ1v) is 8.28. The minimum atomic E-state index is 0. The summed E-state index contributed by atoms with van der Waals surface area (Å²) in [6.07, 6.45) is 10.2. The Morgan fingerprint density at radius 2 is 2.08 bits per heavy atom. The molecule has 128 valence electrons. The van der Waals surface area contributed by atoms with E-state index in [9.17, 15) is 4.79 Å². The van der Waals surface area contributed by atoms with Gasteiger partial charge in [-0.3, -0.25) is 9.78 Å². The Labute approximate surface area is 152 Å². The minimum absolute atomic E-state index is 0. The van der Waals surface area contributed by atoms with Gasteiger partial charge in [0.15, 0.2) is 0 Å². The number of fused-ring (bicyclic) bond motifs is 2. The Kier molecular flexibility index (Phi) is 5.19. The average Bonchev–Trinajstić information content (AvgIpc) is 3.04. The van der Waals surface area contributed by atoms with Gasteiger partial charge in [0.1, 0.15) is 0 Å². The van der Waals surface area contributed by atoms with E-state index in [1.807, 2.05) is 36.7 Å². The van der Waals surface area contributed by atoms with Crippen LogP contribution < -0.4 is 5.32 Å². The Balaban J connectivity index is 0.00000182. The maximum Gasteiger partial charge on any atom is 0.247 e. The third-order valence-corrected chi connectivity index (χ3v) is 4.58. The third kappa shape index (κ3) is 3.59. The number of para-hydroxylation sites is 1. The van der Waals surface area contributed by atoms with Crippen molar-refractivity contribution in [3.8, 4) is 0 Å². The minimum Gasteiger partial charge on any atom is -0.361 e. The summed E-state index contributed by atoms with van der Waals surface area (Å²) >= 11 is 0. The summed E-state index contributed by atoms with van der Waals surface area (Å²) in [5.74, 6) is 0.0392. The first kappa shape index (κ1) is 17.2. The second-order valence-corrected chi connectivity index (χ2v) is 6.11. The van der Waals surface area contributed by atoms with E-state index in [2.05, 4.69) is 27.4 Å². The lowest BCUT2D eigenvalue weighted by atomic mass is 9.93. The van der Waals surface area contributed by atoms with Gasteiger partial charge in [0, 0.05) is 41.6 Å². The molecule has 4 rings (SSSR count). The molecule has 2 aromatic heterocycles. The summed E-state index contributed by atoms with van der Waals surface area (Å²) in [4.78, 5) is 19.8. The van der Waals surface area contributed by atoms with Crippen LogP contribution in [0.1, 0.15) is 23.1 Å². The second-order valence-electron chi connectivity index (χ2n) is 6.11.